The van der Waals surface area contributed by atoms with Gasteiger partial charge < -0.3 is 10.2 Å². The van der Waals surface area contributed by atoms with Gasteiger partial charge in [-0.05, 0) is 44.5 Å². The van der Waals surface area contributed by atoms with E-state index in [9.17, 15) is 0 Å². The number of halogens is 1. The summed E-state index contributed by atoms with van der Waals surface area (Å²) < 4.78 is 0.971. The van der Waals surface area contributed by atoms with Crippen LogP contribution in [0.2, 0.25) is 0 Å². The molecule has 2 rings (SSSR count). The number of anilines is 1. The molecule has 18 heavy (non-hydrogen) atoms. The molecule has 1 aromatic rings. The van der Waals surface area contributed by atoms with Crippen LogP contribution in [0.15, 0.2) is 22.7 Å². The van der Waals surface area contributed by atoms with Crippen LogP contribution in [0.3, 0.4) is 0 Å². The third-order valence-electron chi connectivity index (χ3n) is 3.40. The summed E-state index contributed by atoms with van der Waals surface area (Å²) in [6.45, 7) is 5.29. The maximum absolute atomic E-state index is 9.05. The van der Waals surface area contributed by atoms with E-state index >= 15 is 0 Å². The molecule has 0 amide bonds. The Balaban J connectivity index is 2.26. The highest BCUT2D eigenvalue weighted by atomic mass is 79.9. The zero-order valence-corrected chi connectivity index (χ0v) is 12.2. The van der Waals surface area contributed by atoms with Crippen molar-refractivity contribution in [2.75, 3.05) is 24.5 Å². The molecule has 0 bridgehead atoms. The third-order valence-corrected chi connectivity index (χ3v) is 3.85. The number of nitrogens with one attached hydrogen (secondary N) is 1. The van der Waals surface area contributed by atoms with Crippen LogP contribution in [0.4, 0.5) is 5.69 Å². The van der Waals surface area contributed by atoms with E-state index in [4.69, 9.17) is 5.26 Å². The van der Waals surface area contributed by atoms with Gasteiger partial charge in [-0.1, -0.05) is 15.9 Å². The van der Waals surface area contributed by atoms with Gasteiger partial charge in [0.15, 0.2) is 0 Å². The van der Waals surface area contributed by atoms with Crippen LogP contribution in [0, 0.1) is 11.3 Å². The van der Waals surface area contributed by atoms with Crippen LogP contribution in [-0.4, -0.2) is 25.7 Å². The number of hydrogen-bond donors (Lipinski definition) is 1. The first-order valence-electron chi connectivity index (χ1n) is 6.42. The third kappa shape index (κ3) is 3.04. The van der Waals surface area contributed by atoms with Crippen molar-refractivity contribution >= 4 is 21.6 Å². The lowest BCUT2D eigenvalue weighted by atomic mass is 10.0. The van der Waals surface area contributed by atoms with Gasteiger partial charge in [0.05, 0.1) is 11.6 Å². The van der Waals surface area contributed by atoms with Gasteiger partial charge in [-0.3, -0.25) is 0 Å². The fourth-order valence-corrected chi connectivity index (χ4v) is 3.04. The second-order valence-electron chi connectivity index (χ2n) is 4.60. The van der Waals surface area contributed by atoms with Crippen LogP contribution < -0.4 is 10.2 Å². The number of hydrogen-bond acceptors (Lipinski definition) is 3. The highest BCUT2D eigenvalue weighted by Gasteiger charge is 2.20. The van der Waals surface area contributed by atoms with Crippen LogP contribution in [-0.2, 0) is 0 Å². The Kier molecular flexibility index (Phi) is 4.62. The van der Waals surface area contributed by atoms with Crippen LogP contribution in [0.25, 0.3) is 0 Å². The number of piperidine rings is 1. The standard InChI is InChI=1S/C14H18BrN3/c1-2-18(13-4-3-5-17-10-13)14-7-11(9-16)6-12(15)8-14/h6-8,13,17H,2-5,10H2,1H3. The summed E-state index contributed by atoms with van der Waals surface area (Å²) in [6.07, 6.45) is 2.44. The molecule has 4 heteroatoms. The SMILES string of the molecule is CCN(c1cc(Br)cc(C#N)c1)C1CCCNC1. The predicted octanol–water partition coefficient (Wildman–Crippen LogP) is 2.90. The zero-order chi connectivity index (χ0) is 13.0. The Morgan fingerprint density at radius 3 is 2.94 bits per heavy atom. The first-order chi connectivity index (χ1) is 8.74. The molecule has 1 aliphatic rings. The normalized spacial score (nSPS) is 19.3. The molecule has 1 aromatic carbocycles. The fraction of sp³-hybridized carbons (Fsp3) is 0.500. The summed E-state index contributed by atoms with van der Waals surface area (Å²) in [5.74, 6) is 0. The van der Waals surface area contributed by atoms with E-state index in [2.05, 4.69) is 45.2 Å². The lowest BCUT2D eigenvalue weighted by Crippen LogP contribution is -2.46. The van der Waals surface area contributed by atoms with Gasteiger partial charge in [0, 0.05) is 29.3 Å². The number of nitrogens with zero attached hydrogens (tertiary/aromatic N) is 2. The van der Waals surface area contributed by atoms with Crippen molar-refractivity contribution in [2.45, 2.75) is 25.8 Å². The zero-order valence-electron chi connectivity index (χ0n) is 10.6. The number of benzene rings is 1. The Morgan fingerprint density at radius 2 is 2.33 bits per heavy atom. The summed E-state index contributed by atoms with van der Waals surface area (Å²) in [5.41, 5.74) is 1.85. The largest absolute Gasteiger partial charge is 0.367 e. The van der Waals surface area contributed by atoms with E-state index in [0.29, 0.717) is 11.6 Å². The minimum atomic E-state index is 0.532. The van der Waals surface area contributed by atoms with E-state index in [1.807, 2.05) is 12.1 Å². The van der Waals surface area contributed by atoms with E-state index in [-0.39, 0.29) is 0 Å². The van der Waals surface area contributed by atoms with Crippen molar-refractivity contribution in [3.05, 3.63) is 28.2 Å². The molecule has 96 valence electrons. The molecule has 0 aromatic heterocycles. The molecule has 1 saturated heterocycles. The fourth-order valence-electron chi connectivity index (χ4n) is 2.56. The topological polar surface area (TPSA) is 39.1 Å². The van der Waals surface area contributed by atoms with Gasteiger partial charge in [-0.25, -0.2) is 0 Å². The average Bonchev–Trinajstić information content (AvgIpc) is 2.40. The van der Waals surface area contributed by atoms with Crippen molar-refractivity contribution in [2.24, 2.45) is 0 Å². The number of rotatable bonds is 3. The minimum absolute atomic E-state index is 0.532. The van der Waals surface area contributed by atoms with Gasteiger partial charge in [0.1, 0.15) is 0 Å². The molecule has 1 aliphatic heterocycles. The molecular formula is C14H18BrN3. The molecule has 1 fully saturated rings. The van der Waals surface area contributed by atoms with Crippen molar-refractivity contribution in [3.63, 3.8) is 0 Å². The molecular weight excluding hydrogens is 290 g/mol. The first kappa shape index (κ1) is 13.4. The molecule has 1 heterocycles. The summed E-state index contributed by atoms with van der Waals surface area (Å²) in [4.78, 5) is 2.39. The molecule has 0 radical (unpaired) electrons. The summed E-state index contributed by atoms with van der Waals surface area (Å²) in [7, 11) is 0. The van der Waals surface area contributed by atoms with Crippen LogP contribution in [0.1, 0.15) is 25.3 Å². The summed E-state index contributed by atoms with van der Waals surface area (Å²) in [5, 5.41) is 12.5. The highest BCUT2D eigenvalue weighted by molar-refractivity contribution is 9.10. The van der Waals surface area contributed by atoms with Crippen LogP contribution >= 0.6 is 15.9 Å². The lowest BCUT2D eigenvalue weighted by molar-refractivity contribution is 0.435. The molecule has 1 unspecified atom stereocenters. The van der Waals surface area contributed by atoms with E-state index in [1.165, 1.54) is 12.8 Å². The van der Waals surface area contributed by atoms with Crippen molar-refractivity contribution in [1.29, 1.82) is 5.26 Å². The minimum Gasteiger partial charge on any atom is -0.367 e. The van der Waals surface area contributed by atoms with Crippen molar-refractivity contribution in [1.82, 2.24) is 5.32 Å². The maximum atomic E-state index is 9.05. The lowest BCUT2D eigenvalue weighted by Gasteiger charge is -2.36. The van der Waals surface area contributed by atoms with Crippen LogP contribution in [0.5, 0.6) is 0 Å². The van der Waals surface area contributed by atoms with E-state index < -0.39 is 0 Å². The van der Waals surface area contributed by atoms with Gasteiger partial charge in [-0.15, -0.1) is 0 Å². The predicted molar refractivity (Wildman–Crippen MR) is 77.8 cm³/mol. The van der Waals surface area contributed by atoms with E-state index in [0.717, 1.165) is 29.8 Å². The molecule has 0 aliphatic carbocycles. The Morgan fingerprint density at radius 1 is 1.50 bits per heavy atom. The Labute approximate surface area is 117 Å². The molecule has 3 nitrogen and oxygen atoms in total. The monoisotopic (exact) mass is 307 g/mol. The molecule has 1 N–H and O–H groups in total. The average molecular weight is 308 g/mol. The molecule has 0 spiro atoms. The maximum Gasteiger partial charge on any atom is 0.0992 e. The molecule has 0 saturated carbocycles. The van der Waals surface area contributed by atoms with Gasteiger partial charge in [-0.2, -0.15) is 5.26 Å². The quantitative estimate of drug-likeness (QED) is 0.933. The molecule has 1 atom stereocenters. The smallest absolute Gasteiger partial charge is 0.0992 e. The van der Waals surface area contributed by atoms with Gasteiger partial charge >= 0.3 is 0 Å². The van der Waals surface area contributed by atoms with Crippen molar-refractivity contribution in [3.8, 4) is 6.07 Å². The summed E-state index contributed by atoms with van der Waals surface area (Å²) >= 11 is 3.48. The summed E-state index contributed by atoms with van der Waals surface area (Å²) in [6, 6.07) is 8.68. The Bertz CT molecular complexity index is 447. The van der Waals surface area contributed by atoms with Gasteiger partial charge in [0.25, 0.3) is 0 Å². The number of likely N-dealkylation sites (N-methyl/N-ethyl adjacent to an activating group) is 1. The number of nitriles is 1. The second-order valence-corrected chi connectivity index (χ2v) is 5.51. The highest BCUT2D eigenvalue weighted by Crippen LogP contribution is 2.25. The second kappa shape index (κ2) is 6.21. The Hall–Kier alpha value is -1.05. The van der Waals surface area contributed by atoms with Gasteiger partial charge in [0.2, 0.25) is 0 Å². The van der Waals surface area contributed by atoms with E-state index in [1.54, 1.807) is 0 Å². The first-order valence-corrected chi connectivity index (χ1v) is 7.22. The van der Waals surface area contributed by atoms with Crippen molar-refractivity contribution < 1.29 is 0 Å².